The third kappa shape index (κ3) is 4.69. The van der Waals surface area contributed by atoms with Crippen LogP contribution in [0.2, 0.25) is 5.02 Å². The first-order valence-corrected chi connectivity index (χ1v) is 10.2. The number of amides is 1. The third-order valence-corrected chi connectivity index (χ3v) is 5.84. The Bertz CT molecular complexity index is 1200. The molecule has 10 heteroatoms. The highest BCUT2D eigenvalue weighted by atomic mass is 35.5. The van der Waals surface area contributed by atoms with Crippen molar-refractivity contribution in [1.29, 1.82) is 0 Å². The summed E-state index contributed by atoms with van der Waals surface area (Å²) in [5, 5.41) is 2.09. The van der Waals surface area contributed by atoms with E-state index in [1.54, 1.807) is 31.3 Å². The Hall–Kier alpha value is -3.04. The largest absolute Gasteiger partial charge is 0.311 e. The molecule has 1 amide bonds. The van der Waals surface area contributed by atoms with Crippen LogP contribution >= 0.6 is 11.6 Å². The molecule has 2 heterocycles. The Morgan fingerprint density at radius 2 is 1.90 bits per heavy atom. The maximum atomic E-state index is 13.7. The van der Waals surface area contributed by atoms with E-state index < -0.39 is 20.9 Å². The summed E-state index contributed by atoms with van der Waals surface area (Å²) in [6.45, 7) is 3.00. The van der Waals surface area contributed by atoms with Crippen molar-refractivity contribution >= 4 is 39.0 Å². The van der Waals surface area contributed by atoms with Crippen LogP contribution in [-0.4, -0.2) is 24.3 Å². The fraction of sp³-hybridized carbons (Fsp3) is 0.105. The third-order valence-electron chi connectivity index (χ3n) is 3.93. The van der Waals surface area contributed by atoms with Gasteiger partial charge in [-0.3, -0.25) is 14.5 Å². The smallest absolute Gasteiger partial charge is 0.263 e. The highest BCUT2D eigenvalue weighted by Crippen LogP contribution is 2.29. The standard InChI is InChI=1S/C19H16ClFN4O3S/c1-11-16(25-29(27,28)17-5-3-4-15(21)19(17)20)8-14(10-23-11)13-6-7-22-18(9-13)24-12(2)26/h3-10,25H,1-2H3,(H,22,24,26). The van der Waals surface area contributed by atoms with Crippen molar-refractivity contribution in [1.82, 2.24) is 9.97 Å². The van der Waals surface area contributed by atoms with Crippen LogP contribution in [0.1, 0.15) is 12.6 Å². The zero-order chi connectivity index (χ0) is 21.2. The lowest BCUT2D eigenvalue weighted by Crippen LogP contribution is -2.15. The number of aryl methyl sites for hydroxylation is 1. The predicted molar refractivity (Wildman–Crippen MR) is 109 cm³/mol. The van der Waals surface area contributed by atoms with E-state index >= 15 is 0 Å². The molecule has 0 bridgehead atoms. The molecule has 2 aromatic heterocycles. The molecule has 1 aromatic carbocycles. The summed E-state index contributed by atoms with van der Waals surface area (Å²) >= 11 is 5.82. The Labute approximate surface area is 172 Å². The predicted octanol–water partition coefficient (Wildman–Crippen LogP) is 4.00. The van der Waals surface area contributed by atoms with Gasteiger partial charge < -0.3 is 5.32 Å². The fourth-order valence-corrected chi connectivity index (χ4v) is 4.17. The van der Waals surface area contributed by atoms with Gasteiger partial charge in [0.25, 0.3) is 10.0 Å². The number of benzene rings is 1. The van der Waals surface area contributed by atoms with Gasteiger partial charge in [0, 0.05) is 24.9 Å². The van der Waals surface area contributed by atoms with E-state index in [-0.39, 0.29) is 16.5 Å². The highest BCUT2D eigenvalue weighted by Gasteiger charge is 2.21. The summed E-state index contributed by atoms with van der Waals surface area (Å²) in [6.07, 6.45) is 3.08. The number of nitrogens with zero attached hydrogens (tertiary/aromatic N) is 2. The molecule has 0 spiro atoms. The minimum Gasteiger partial charge on any atom is -0.311 e. The molecule has 0 fully saturated rings. The number of nitrogens with one attached hydrogen (secondary N) is 2. The van der Waals surface area contributed by atoms with Crippen LogP contribution in [0.15, 0.2) is 53.7 Å². The van der Waals surface area contributed by atoms with Gasteiger partial charge in [0.05, 0.1) is 16.4 Å². The van der Waals surface area contributed by atoms with E-state index in [1.165, 1.54) is 25.3 Å². The summed E-state index contributed by atoms with van der Waals surface area (Å²) < 4.78 is 41.5. The lowest BCUT2D eigenvalue weighted by atomic mass is 10.1. The minimum absolute atomic E-state index is 0.209. The second kappa shape index (κ2) is 8.14. The zero-order valence-electron chi connectivity index (χ0n) is 15.4. The molecule has 3 aromatic rings. The molecule has 0 radical (unpaired) electrons. The molecule has 0 aliphatic carbocycles. The van der Waals surface area contributed by atoms with E-state index in [1.807, 2.05) is 0 Å². The lowest BCUT2D eigenvalue weighted by molar-refractivity contribution is -0.114. The second-order valence-electron chi connectivity index (χ2n) is 6.13. The number of anilines is 2. The maximum Gasteiger partial charge on any atom is 0.263 e. The Balaban J connectivity index is 1.98. The van der Waals surface area contributed by atoms with Crippen molar-refractivity contribution in [3.05, 3.63) is 65.3 Å². The quantitative estimate of drug-likeness (QED) is 0.632. The number of hydrogen-bond acceptors (Lipinski definition) is 5. The zero-order valence-corrected chi connectivity index (χ0v) is 17.0. The maximum absolute atomic E-state index is 13.7. The number of rotatable bonds is 5. The number of halogens is 2. The SMILES string of the molecule is CC(=O)Nc1cc(-c2cnc(C)c(NS(=O)(=O)c3cccc(F)c3Cl)c2)ccn1. The number of carbonyl (C=O) groups is 1. The monoisotopic (exact) mass is 434 g/mol. The van der Waals surface area contributed by atoms with Gasteiger partial charge >= 0.3 is 0 Å². The summed E-state index contributed by atoms with van der Waals surface area (Å²) in [4.78, 5) is 19.1. The van der Waals surface area contributed by atoms with E-state index in [2.05, 4.69) is 20.0 Å². The average Bonchev–Trinajstić information content (AvgIpc) is 2.65. The number of aromatic nitrogens is 2. The van der Waals surface area contributed by atoms with Crippen LogP contribution in [0.4, 0.5) is 15.9 Å². The summed E-state index contributed by atoms with van der Waals surface area (Å²) in [6, 6.07) is 8.46. The molecule has 0 saturated carbocycles. The van der Waals surface area contributed by atoms with Gasteiger partial charge in [-0.25, -0.2) is 17.8 Å². The number of sulfonamides is 1. The minimum atomic E-state index is -4.14. The highest BCUT2D eigenvalue weighted by molar-refractivity contribution is 7.92. The molecular weight excluding hydrogens is 419 g/mol. The molecule has 29 heavy (non-hydrogen) atoms. The molecule has 2 N–H and O–H groups in total. The van der Waals surface area contributed by atoms with Crippen LogP contribution in [0, 0.1) is 12.7 Å². The normalized spacial score (nSPS) is 11.2. The molecular formula is C19H16ClFN4O3S. The Morgan fingerprint density at radius 3 is 2.62 bits per heavy atom. The van der Waals surface area contributed by atoms with E-state index in [9.17, 15) is 17.6 Å². The number of carbonyl (C=O) groups excluding carboxylic acids is 1. The van der Waals surface area contributed by atoms with E-state index in [0.29, 0.717) is 22.6 Å². The van der Waals surface area contributed by atoms with Crippen LogP contribution in [0.5, 0.6) is 0 Å². The summed E-state index contributed by atoms with van der Waals surface area (Å²) in [5.41, 5.74) is 1.88. The van der Waals surface area contributed by atoms with Crippen molar-refractivity contribution in [2.75, 3.05) is 10.0 Å². The molecule has 0 aliphatic rings. The first-order valence-electron chi connectivity index (χ1n) is 8.35. The first-order chi connectivity index (χ1) is 13.7. The van der Waals surface area contributed by atoms with Crippen LogP contribution in [0.3, 0.4) is 0 Å². The molecule has 0 aliphatic heterocycles. The van der Waals surface area contributed by atoms with Crippen LogP contribution in [0.25, 0.3) is 11.1 Å². The van der Waals surface area contributed by atoms with Crippen molar-refractivity contribution in [2.24, 2.45) is 0 Å². The van der Waals surface area contributed by atoms with Crippen molar-refractivity contribution in [3.63, 3.8) is 0 Å². The Morgan fingerprint density at radius 1 is 1.14 bits per heavy atom. The van der Waals surface area contributed by atoms with E-state index in [4.69, 9.17) is 11.6 Å². The summed E-state index contributed by atoms with van der Waals surface area (Å²) in [5.74, 6) is -0.748. The summed E-state index contributed by atoms with van der Waals surface area (Å²) in [7, 11) is -4.14. The van der Waals surface area contributed by atoms with Gasteiger partial charge in [-0.1, -0.05) is 17.7 Å². The van der Waals surface area contributed by atoms with Gasteiger partial charge in [-0.2, -0.15) is 0 Å². The molecule has 3 rings (SSSR count). The number of hydrogen-bond donors (Lipinski definition) is 2. The molecule has 7 nitrogen and oxygen atoms in total. The fourth-order valence-electron chi connectivity index (χ4n) is 2.54. The van der Waals surface area contributed by atoms with Crippen molar-refractivity contribution in [2.45, 2.75) is 18.7 Å². The number of pyridine rings is 2. The first kappa shape index (κ1) is 20.7. The van der Waals surface area contributed by atoms with Gasteiger partial charge in [0.1, 0.15) is 16.5 Å². The second-order valence-corrected chi connectivity index (χ2v) is 8.15. The topological polar surface area (TPSA) is 101 Å². The molecule has 0 saturated heterocycles. The van der Waals surface area contributed by atoms with Crippen molar-refractivity contribution in [3.8, 4) is 11.1 Å². The molecule has 150 valence electrons. The molecule has 0 atom stereocenters. The van der Waals surface area contributed by atoms with Crippen LogP contribution in [-0.2, 0) is 14.8 Å². The van der Waals surface area contributed by atoms with Crippen LogP contribution < -0.4 is 10.0 Å². The van der Waals surface area contributed by atoms with Gasteiger partial charge in [0.2, 0.25) is 5.91 Å². The van der Waals surface area contributed by atoms with Gasteiger partial charge in [-0.05, 0) is 42.8 Å². The Kier molecular flexibility index (Phi) is 5.81. The van der Waals surface area contributed by atoms with Gasteiger partial charge in [0.15, 0.2) is 0 Å². The van der Waals surface area contributed by atoms with Gasteiger partial charge in [-0.15, -0.1) is 0 Å². The molecule has 0 unspecified atom stereocenters. The van der Waals surface area contributed by atoms with E-state index in [0.717, 1.165) is 6.07 Å². The average molecular weight is 435 g/mol. The van der Waals surface area contributed by atoms with Crippen molar-refractivity contribution < 1.29 is 17.6 Å². The lowest BCUT2D eigenvalue weighted by Gasteiger charge is -2.13.